The van der Waals surface area contributed by atoms with Crippen molar-refractivity contribution in [2.24, 2.45) is 5.84 Å². The number of aromatic nitrogens is 2. The fourth-order valence-electron chi connectivity index (χ4n) is 2.80. The van der Waals surface area contributed by atoms with E-state index in [-0.39, 0.29) is 0 Å². The third-order valence-corrected chi connectivity index (χ3v) is 4.33. The fraction of sp³-hybridized carbons (Fsp3) is 0.714. The molecule has 6 heteroatoms. The number of piperazine rings is 1. The first-order chi connectivity index (χ1) is 9.65. The molecule has 6 nitrogen and oxygen atoms in total. The lowest BCUT2D eigenvalue weighted by Crippen LogP contribution is -2.51. The Bertz CT molecular complexity index is 473. The van der Waals surface area contributed by atoms with E-state index in [9.17, 15) is 0 Å². The lowest BCUT2D eigenvalue weighted by Gasteiger charge is -2.37. The predicted molar refractivity (Wildman–Crippen MR) is 79.4 cm³/mol. The molecule has 2 fully saturated rings. The zero-order valence-electron chi connectivity index (χ0n) is 12.3. The van der Waals surface area contributed by atoms with Crippen molar-refractivity contribution in [1.29, 1.82) is 0 Å². The van der Waals surface area contributed by atoms with E-state index in [1.165, 1.54) is 12.8 Å². The monoisotopic (exact) mass is 276 g/mol. The lowest BCUT2D eigenvalue weighted by molar-refractivity contribution is 0.113. The molecule has 3 rings (SSSR count). The third-order valence-electron chi connectivity index (χ3n) is 4.33. The van der Waals surface area contributed by atoms with Crippen LogP contribution in [0.3, 0.4) is 0 Å². The van der Waals surface area contributed by atoms with Crippen molar-refractivity contribution in [1.82, 2.24) is 19.8 Å². The summed E-state index contributed by atoms with van der Waals surface area (Å²) in [6.07, 6.45) is 3.37. The maximum atomic E-state index is 5.53. The minimum Gasteiger partial charge on any atom is -0.308 e. The molecule has 0 amide bonds. The molecular weight excluding hydrogens is 252 g/mol. The van der Waals surface area contributed by atoms with E-state index in [4.69, 9.17) is 10.8 Å². The first-order valence-electron chi connectivity index (χ1n) is 7.39. The van der Waals surface area contributed by atoms with E-state index in [1.54, 1.807) is 0 Å². The normalized spacial score (nSPS) is 24.9. The van der Waals surface area contributed by atoms with Gasteiger partial charge in [0.15, 0.2) is 0 Å². The van der Waals surface area contributed by atoms with Gasteiger partial charge < -0.3 is 15.2 Å². The summed E-state index contributed by atoms with van der Waals surface area (Å²) >= 11 is 0. The zero-order valence-corrected chi connectivity index (χ0v) is 12.3. The van der Waals surface area contributed by atoms with Gasteiger partial charge in [-0.05, 0) is 26.9 Å². The fourth-order valence-corrected chi connectivity index (χ4v) is 2.80. The number of hydrogen-bond acceptors (Lipinski definition) is 6. The number of nitrogen functional groups attached to an aromatic ring is 1. The van der Waals surface area contributed by atoms with Gasteiger partial charge in [0, 0.05) is 49.8 Å². The number of anilines is 1. The summed E-state index contributed by atoms with van der Waals surface area (Å²) < 4.78 is 0. The van der Waals surface area contributed by atoms with Gasteiger partial charge >= 0.3 is 0 Å². The van der Waals surface area contributed by atoms with Crippen LogP contribution in [0.5, 0.6) is 0 Å². The summed E-state index contributed by atoms with van der Waals surface area (Å²) in [6, 6.07) is 2.46. The highest BCUT2D eigenvalue weighted by Gasteiger charge is 2.28. The number of nitrogens with one attached hydrogen (secondary N) is 1. The summed E-state index contributed by atoms with van der Waals surface area (Å²) in [4.78, 5) is 14.0. The van der Waals surface area contributed by atoms with Gasteiger partial charge in [0.25, 0.3) is 0 Å². The maximum Gasteiger partial charge on any atom is 0.143 e. The van der Waals surface area contributed by atoms with Crippen molar-refractivity contribution in [3.63, 3.8) is 0 Å². The Balaban J connectivity index is 1.76. The number of hydrogen-bond donors (Lipinski definition) is 2. The van der Waals surface area contributed by atoms with Gasteiger partial charge in [-0.2, -0.15) is 0 Å². The first kappa shape index (κ1) is 13.7. The van der Waals surface area contributed by atoms with Crippen molar-refractivity contribution in [2.45, 2.75) is 31.2 Å². The first-order valence-corrected chi connectivity index (χ1v) is 7.39. The van der Waals surface area contributed by atoms with Crippen LogP contribution < -0.4 is 11.3 Å². The van der Waals surface area contributed by atoms with Gasteiger partial charge in [0.1, 0.15) is 11.6 Å². The Hall–Kier alpha value is -1.24. The number of rotatable bonds is 4. The summed E-state index contributed by atoms with van der Waals surface area (Å²) in [7, 11) is 4.36. The molecule has 1 saturated heterocycles. The van der Waals surface area contributed by atoms with Gasteiger partial charge in [0.05, 0.1) is 0 Å². The molecule has 2 heterocycles. The van der Waals surface area contributed by atoms with Crippen molar-refractivity contribution < 1.29 is 0 Å². The van der Waals surface area contributed by atoms with E-state index in [1.807, 2.05) is 6.07 Å². The molecule has 1 saturated carbocycles. The molecular formula is C14H24N6. The zero-order chi connectivity index (χ0) is 14.1. The molecule has 0 bridgehead atoms. The van der Waals surface area contributed by atoms with E-state index in [2.05, 4.69) is 34.3 Å². The molecule has 3 N–H and O–H groups in total. The topological polar surface area (TPSA) is 70.3 Å². The smallest absolute Gasteiger partial charge is 0.143 e. The van der Waals surface area contributed by atoms with E-state index >= 15 is 0 Å². The minimum atomic E-state index is 0.480. The number of nitrogens with two attached hydrogens (primary N) is 1. The highest BCUT2D eigenvalue weighted by molar-refractivity contribution is 5.36. The minimum absolute atomic E-state index is 0.480. The Morgan fingerprint density at radius 1 is 1.30 bits per heavy atom. The molecule has 1 unspecified atom stereocenters. The molecule has 2 aliphatic rings. The van der Waals surface area contributed by atoms with E-state index in [0.29, 0.717) is 12.0 Å². The molecule has 0 aromatic carbocycles. The van der Waals surface area contributed by atoms with Gasteiger partial charge in [-0.15, -0.1) is 0 Å². The Morgan fingerprint density at radius 3 is 2.80 bits per heavy atom. The SMILES string of the molecule is CN1CCN(C)C(Cc2nc(NN)cc(C3CC3)n2)C1. The Labute approximate surface area is 120 Å². The van der Waals surface area contributed by atoms with Crippen LogP contribution in [0.4, 0.5) is 5.82 Å². The molecule has 1 aromatic rings. The second-order valence-corrected chi connectivity index (χ2v) is 6.11. The van der Waals surface area contributed by atoms with Crippen molar-refractivity contribution in [2.75, 3.05) is 39.2 Å². The number of likely N-dealkylation sites (N-methyl/N-ethyl adjacent to an activating group) is 2. The van der Waals surface area contributed by atoms with Gasteiger partial charge in [-0.25, -0.2) is 15.8 Å². The third kappa shape index (κ3) is 3.08. The molecule has 0 radical (unpaired) electrons. The molecule has 1 atom stereocenters. The van der Waals surface area contributed by atoms with Gasteiger partial charge in [-0.1, -0.05) is 0 Å². The van der Waals surface area contributed by atoms with Crippen LogP contribution in [0, 0.1) is 0 Å². The Morgan fingerprint density at radius 2 is 2.10 bits per heavy atom. The average molecular weight is 276 g/mol. The molecule has 110 valence electrons. The summed E-state index contributed by atoms with van der Waals surface area (Å²) in [5.74, 6) is 7.80. The van der Waals surface area contributed by atoms with Crippen LogP contribution in [0.25, 0.3) is 0 Å². The van der Waals surface area contributed by atoms with Gasteiger partial charge in [-0.3, -0.25) is 0 Å². The van der Waals surface area contributed by atoms with Crippen molar-refractivity contribution in [3.8, 4) is 0 Å². The van der Waals surface area contributed by atoms with Crippen LogP contribution in [0.15, 0.2) is 6.07 Å². The van der Waals surface area contributed by atoms with Crippen LogP contribution in [-0.2, 0) is 6.42 Å². The molecule has 1 aliphatic heterocycles. The van der Waals surface area contributed by atoms with Crippen LogP contribution in [0.1, 0.15) is 30.3 Å². The highest BCUT2D eigenvalue weighted by atomic mass is 15.3. The lowest BCUT2D eigenvalue weighted by atomic mass is 10.1. The predicted octanol–water partition coefficient (Wildman–Crippen LogP) is 0.428. The summed E-state index contributed by atoms with van der Waals surface area (Å²) in [6.45, 7) is 3.30. The van der Waals surface area contributed by atoms with Crippen molar-refractivity contribution in [3.05, 3.63) is 17.6 Å². The van der Waals surface area contributed by atoms with Crippen molar-refractivity contribution >= 4 is 5.82 Å². The second-order valence-electron chi connectivity index (χ2n) is 6.11. The largest absolute Gasteiger partial charge is 0.308 e. The molecule has 20 heavy (non-hydrogen) atoms. The number of nitrogens with zero attached hydrogens (tertiary/aromatic N) is 4. The van der Waals surface area contributed by atoms with Crippen LogP contribution in [-0.4, -0.2) is 59.5 Å². The van der Waals surface area contributed by atoms with E-state index in [0.717, 1.165) is 43.4 Å². The average Bonchev–Trinajstić information content (AvgIpc) is 3.27. The standard InChI is InChI=1S/C14H24N6/c1-19-5-6-20(2)11(9-19)7-13-16-12(10-3-4-10)8-14(17-13)18-15/h8,10-11H,3-7,9,15H2,1-2H3,(H,16,17,18). The van der Waals surface area contributed by atoms with Crippen LogP contribution >= 0.6 is 0 Å². The second kappa shape index (κ2) is 5.63. The van der Waals surface area contributed by atoms with Crippen LogP contribution in [0.2, 0.25) is 0 Å². The molecule has 1 aliphatic carbocycles. The Kier molecular flexibility index (Phi) is 3.87. The summed E-state index contributed by atoms with van der Waals surface area (Å²) in [5, 5.41) is 0. The van der Waals surface area contributed by atoms with Gasteiger partial charge in [0.2, 0.25) is 0 Å². The molecule has 1 aromatic heterocycles. The number of hydrazine groups is 1. The highest BCUT2D eigenvalue weighted by Crippen LogP contribution is 2.39. The summed E-state index contributed by atoms with van der Waals surface area (Å²) in [5.41, 5.74) is 3.82. The molecule has 0 spiro atoms. The van der Waals surface area contributed by atoms with E-state index < -0.39 is 0 Å². The maximum absolute atomic E-state index is 5.53. The quantitative estimate of drug-likeness (QED) is 0.614.